The third-order valence-electron chi connectivity index (χ3n) is 7.06. The van der Waals surface area contributed by atoms with Crippen molar-refractivity contribution in [2.75, 3.05) is 37.6 Å². The zero-order valence-electron chi connectivity index (χ0n) is 20.7. The summed E-state index contributed by atoms with van der Waals surface area (Å²) in [4.78, 5) is 18.6. The Kier molecular flexibility index (Phi) is 8.24. The van der Waals surface area contributed by atoms with Crippen LogP contribution in [-0.4, -0.2) is 48.8 Å². The summed E-state index contributed by atoms with van der Waals surface area (Å²) in [6.45, 7) is 5.57. The van der Waals surface area contributed by atoms with Crippen LogP contribution in [0.2, 0.25) is 0 Å². The predicted octanol–water partition coefficient (Wildman–Crippen LogP) is 5.77. The minimum Gasteiger partial charge on any atom is -0.365 e. The molecule has 0 aromatic heterocycles. The molecule has 0 radical (unpaired) electrons. The number of fused-ring (bicyclic) bond motifs is 1. The van der Waals surface area contributed by atoms with Crippen LogP contribution < -0.4 is 10.2 Å². The molecule has 2 aliphatic heterocycles. The lowest BCUT2D eigenvalue weighted by molar-refractivity contribution is 0.0952. The molecular weight excluding hydrogens is 469 g/mol. The highest BCUT2D eigenvalue weighted by molar-refractivity contribution is 8.00. The van der Waals surface area contributed by atoms with E-state index in [0.29, 0.717) is 29.5 Å². The summed E-state index contributed by atoms with van der Waals surface area (Å²) in [7, 11) is 0. The molecule has 6 heteroatoms. The number of halogens is 1. The number of benzene rings is 3. The molecule has 0 saturated carbocycles. The van der Waals surface area contributed by atoms with Crippen LogP contribution >= 0.6 is 11.8 Å². The van der Waals surface area contributed by atoms with Crippen LogP contribution in [0.3, 0.4) is 0 Å². The summed E-state index contributed by atoms with van der Waals surface area (Å²) < 4.78 is 14.4. The lowest BCUT2D eigenvalue weighted by Crippen LogP contribution is -2.35. The van der Waals surface area contributed by atoms with Crippen LogP contribution in [0.15, 0.2) is 77.7 Å². The molecule has 188 valence electrons. The van der Waals surface area contributed by atoms with Crippen molar-refractivity contribution >= 4 is 23.4 Å². The van der Waals surface area contributed by atoms with E-state index in [4.69, 9.17) is 0 Å². The van der Waals surface area contributed by atoms with E-state index in [1.807, 2.05) is 42.1 Å². The number of hydrogen-bond donors (Lipinski definition) is 1. The maximum absolute atomic E-state index is 14.4. The van der Waals surface area contributed by atoms with Crippen LogP contribution in [-0.2, 0) is 13.0 Å². The Hall–Kier alpha value is -2.83. The monoisotopic (exact) mass is 503 g/mol. The van der Waals surface area contributed by atoms with Gasteiger partial charge in [-0.05, 0) is 81.2 Å². The number of likely N-dealkylation sites (tertiary alicyclic amines) is 1. The molecule has 1 unspecified atom stereocenters. The predicted molar refractivity (Wildman–Crippen MR) is 146 cm³/mol. The van der Waals surface area contributed by atoms with Crippen molar-refractivity contribution in [1.29, 1.82) is 0 Å². The molecule has 0 aliphatic carbocycles. The average Bonchev–Trinajstić information content (AvgIpc) is 3.42. The van der Waals surface area contributed by atoms with Crippen LogP contribution in [0.1, 0.15) is 40.7 Å². The molecule has 5 rings (SSSR count). The molecule has 0 bridgehead atoms. The number of carbonyl (C=O) groups excluding carboxylic acids is 1. The maximum Gasteiger partial charge on any atom is 0.251 e. The fourth-order valence-corrected chi connectivity index (χ4v) is 6.50. The zero-order chi connectivity index (χ0) is 24.7. The fraction of sp³-hybridized carbons (Fsp3) is 0.367. The molecule has 3 aromatic carbocycles. The van der Waals surface area contributed by atoms with Crippen molar-refractivity contribution < 1.29 is 9.18 Å². The van der Waals surface area contributed by atoms with Crippen LogP contribution in [0.5, 0.6) is 0 Å². The van der Waals surface area contributed by atoms with Gasteiger partial charge in [-0.1, -0.05) is 42.5 Å². The van der Waals surface area contributed by atoms with Gasteiger partial charge in [-0.3, -0.25) is 4.79 Å². The Morgan fingerprint density at radius 3 is 2.53 bits per heavy atom. The number of para-hydroxylation sites is 1. The highest BCUT2D eigenvalue weighted by atomic mass is 32.2. The summed E-state index contributed by atoms with van der Waals surface area (Å²) in [6.07, 6.45) is 4.49. The zero-order valence-corrected chi connectivity index (χ0v) is 21.5. The van der Waals surface area contributed by atoms with Gasteiger partial charge < -0.3 is 15.1 Å². The summed E-state index contributed by atoms with van der Waals surface area (Å²) >= 11 is 1.89. The average molecular weight is 504 g/mol. The SMILES string of the molecule is O=C(NCCCN1CCCC1)c1ccc(CC2CN(Cc3ccccc3F)c3ccccc3S2)cc1. The Labute approximate surface area is 217 Å². The van der Waals surface area contributed by atoms with Gasteiger partial charge in [0.15, 0.2) is 0 Å². The highest BCUT2D eigenvalue weighted by Gasteiger charge is 2.26. The van der Waals surface area contributed by atoms with Crippen molar-refractivity contribution in [3.05, 3.63) is 95.3 Å². The number of nitrogens with one attached hydrogen (secondary N) is 1. The van der Waals surface area contributed by atoms with Crippen LogP contribution in [0, 0.1) is 5.82 Å². The quantitative estimate of drug-likeness (QED) is 0.376. The number of hydrogen-bond acceptors (Lipinski definition) is 4. The molecule has 1 N–H and O–H groups in total. The number of thioether (sulfide) groups is 1. The Morgan fingerprint density at radius 2 is 1.72 bits per heavy atom. The minimum atomic E-state index is -0.158. The van der Waals surface area contributed by atoms with E-state index in [0.717, 1.165) is 25.9 Å². The topological polar surface area (TPSA) is 35.6 Å². The molecule has 1 fully saturated rings. The van der Waals surface area contributed by atoms with Crippen molar-refractivity contribution in [1.82, 2.24) is 10.2 Å². The Balaban J connectivity index is 1.17. The molecule has 4 nitrogen and oxygen atoms in total. The summed E-state index contributed by atoms with van der Waals surface area (Å²) in [5.74, 6) is -0.158. The number of rotatable bonds is 9. The normalized spacial score (nSPS) is 17.7. The van der Waals surface area contributed by atoms with Crippen molar-refractivity contribution in [2.45, 2.75) is 42.4 Å². The van der Waals surface area contributed by atoms with Crippen LogP contribution in [0.25, 0.3) is 0 Å². The van der Waals surface area contributed by atoms with E-state index >= 15 is 0 Å². The van der Waals surface area contributed by atoms with E-state index in [9.17, 15) is 9.18 Å². The molecule has 1 atom stereocenters. The molecular formula is C30H34FN3OS. The minimum absolute atomic E-state index is 0.00000329. The third-order valence-corrected chi connectivity index (χ3v) is 8.31. The second-order valence-corrected chi connectivity index (χ2v) is 11.1. The molecule has 0 spiro atoms. The highest BCUT2D eigenvalue weighted by Crippen LogP contribution is 2.40. The van der Waals surface area contributed by atoms with Gasteiger partial charge >= 0.3 is 0 Å². The van der Waals surface area contributed by atoms with E-state index in [2.05, 4.69) is 45.4 Å². The molecule has 1 amide bonds. The van der Waals surface area contributed by atoms with Gasteiger partial charge in [0.1, 0.15) is 5.82 Å². The smallest absolute Gasteiger partial charge is 0.251 e. The van der Waals surface area contributed by atoms with Gasteiger partial charge in [0, 0.05) is 40.9 Å². The molecule has 2 aliphatic rings. The van der Waals surface area contributed by atoms with Gasteiger partial charge in [-0.2, -0.15) is 0 Å². The number of anilines is 1. The van der Waals surface area contributed by atoms with E-state index in [1.165, 1.54) is 48.1 Å². The van der Waals surface area contributed by atoms with Gasteiger partial charge in [0.25, 0.3) is 5.91 Å². The van der Waals surface area contributed by atoms with Gasteiger partial charge in [0.05, 0.1) is 5.69 Å². The molecule has 1 saturated heterocycles. The first-order valence-electron chi connectivity index (χ1n) is 13.0. The molecule has 2 heterocycles. The first-order chi connectivity index (χ1) is 17.7. The first-order valence-corrected chi connectivity index (χ1v) is 13.9. The fourth-order valence-electron chi connectivity index (χ4n) is 5.14. The van der Waals surface area contributed by atoms with Gasteiger partial charge in [0.2, 0.25) is 0 Å². The van der Waals surface area contributed by atoms with E-state index in [-0.39, 0.29) is 11.7 Å². The summed E-state index contributed by atoms with van der Waals surface area (Å²) in [5.41, 5.74) is 3.80. The second kappa shape index (κ2) is 11.9. The van der Waals surface area contributed by atoms with Crippen LogP contribution in [0.4, 0.5) is 10.1 Å². The van der Waals surface area contributed by atoms with Crippen molar-refractivity contribution in [2.24, 2.45) is 0 Å². The third kappa shape index (κ3) is 6.29. The lowest BCUT2D eigenvalue weighted by Gasteiger charge is -2.36. The standard InChI is InChI=1S/C30H34FN3OS/c31-27-9-2-1-8-25(27)21-34-22-26(36-29-11-4-3-10-28(29)34)20-23-12-14-24(15-13-23)30(35)32-16-7-19-33-17-5-6-18-33/h1-4,8-15,26H,5-7,16-22H2,(H,32,35). The summed E-state index contributed by atoms with van der Waals surface area (Å²) in [6, 6.07) is 23.4. The second-order valence-electron chi connectivity index (χ2n) is 9.74. The number of amides is 1. The number of carbonyl (C=O) groups is 1. The summed E-state index contributed by atoms with van der Waals surface area (Å²) in [5, 5.41) is 3.41. The maximum atomic E-state index is 14.4. The van der Waals surface area contributed by atoms with E-state index < -0.39 is 0 Å². The van der Waals surface area contributed by atoms with Gasteiger partial charge in [-0.25, -0.2) is 4.39 Å². The first kappa shape index (κ1) is 24.8. The largest absolute Gasteiger partial charge is 0.365 e. The van der Waals surface area contributed by atoms with Crippen molar-refractivity contribution in [3.63, 3.8) is 0 Å². The number of nitrogens with zero attached hydrogens (tertiary/aromatic N) is 2. The molecule has 3 aromatic rings. The Morgan fingerprint density at radius 1 is 0.972 bits per heavy atom. The van der Waals surface area contributed by atoms with Gasteiger partial charge in [-0.15, -0.1) is 11.8 Å². The van der Waals surface area contributed by atoms with Crippen molar-refractivity contribution in [3.8, 4) is 0 Å². The Bertz CT molecular complexity index is 1160. The lowest BCUT2D eigenvalue weighted by atomic mass is 10.1. The molecule has 36 heavy (non-hydrogen) atoms. The van der Waals surface area contributed by atoms with E-state index in [1.54, 1.807) is 6.07 Å².